The van der Waals surface area contributed by atoms with Crippen molar-refractivity contribution in [1.82, 2.24) is 0 Å². The summed E-state index contributed by atoms with van der Waals surface area (Å²) in [6.45, 7) is 0. The molecule has 0 aliphatic heterocycles. The van der Waals surface area contributed by atoms with Crippen LogP contribution in [0.25, 0.3) is 0 Å². The van der Waals surface area contributed by atoms with Crippen LogP contribution < -0.4 is 0 Å². The molecule has 3 nitrogen and oxygen atoms in total. The van der Waals surface area contributed by atoms with E-state index in [-0.39, 0.29) is 10.6 Å². The molecular weight excluding hydrogens is 254 g/mol. The van der Waals surface area contributed by atoms with Crippen LogP contribution in [0.3, 0.4) is 0 Å². The molecule has 1 N–H and O–H groups in total. The van der Waals surface area contributed by atoms with Crippen LogP contribution in [-0.4, -0.2) is 13.5 Å². The minimum Gasteiger partial charge on any atom is -0.506 e. The van der Waals surface area contributed by atoms with Gasteiger partial charge in [0, 0.05) is 16.2 Å². The van der Waals surface area contributed by atoms with Gasteiger partial charge in [-0.1, -0.05) is 11.6 Å². The highest BCUT2D eigenvalue weighted by molar-refractivity contribution is 8.13. The lowest BCUT2D eigenvalue weighted by Gasteiger charge is -2.04. The predicted molar refractivity (Wildman–Crippen MR) is 51.6 cm³/mol. The van der Waals surface area contributed by atoms with Gasteiger partial charge in [-0.15, -0.1) is 0 Å². The summed E-state index contributed by atoms with van der Waals surface area (Å²) in [5.74, 6) is -1.88. The molecule has 0 saturated heterocycles. The number of rotatable bonds is 2. The highest BCUT2D eigenvalue weighted by Crippen LogP contribution is 2.30. The van der Waals surface area contributed by atoms with Gasteiger partial charge in [0.15, 0.2) is 0 Å². The second-order valence-electron chi connectivity index (χ2n) is 2.58. The number of halogens is 3. The lowest BCUT2D eigenvalue weighted by atomic mass is 10.2. The standard InChI is InChI=1S/C7H5Cl2FO3S/c8-6-2-5(10)1-4(7(6)11)3-14(9,12)13/h1-2,11H,3H2. The first kappa shape index (κ1) is 11.6. The van der Waals surface area contributed by atoms with Gasteiger partial charge < -0.3 is 5.11 Å². The topological polar surface area (TPSA) is 54.4 Å². The van der Waals surface area contributed by atoms with Gasteiger partial charge in [-0.2, -0.15) is 0 Å². The van der Waals surface area contributed by atoms with Crippen molar-refractivity contribution < 1.29 is 17.9 Å². The van der Waals surface area contributed by atoms with E-state index in [4.69, 9.17) is 22.3 Å². The van der Waals surface area contributed by atoms with E-state index >= 15 is 0 Å². The third-order valence-corrected chi connectivity index (χ3v) is 2.71. The Morgan fingerprint density at radius 3 is 2.50 bits per heavy atom. The Morgan fingerprint density at radius 1 is 1.43 bits per heavy atom. The number of phenols is 1. The summed E-state index contributed by atoms with van der Waals surface area (Å²) >= 11 is 5.42. The van der Waals surface area contributed by atoms with Crippen LogP contribution in [0.5, 0.6) is 5.75 Å². The smallest absolute Gasteiger partial charge is 0.236 e. The summed E-state index contributed by atoms with van der Waals surface area (Å²) in [7, 11) is 1.09. The monoisotopic (exact) mass is 258 g/mol. The number of hydrogen-bond acceptors (Lipinski definition) is 3. The van der Waals surface area contributed by atoms with Gasteiger partial charge in [0.1, 0.15) is 11.6 Å². The van der Waals surface area contributed by atoms with Crippen molar-refractivity contribution in [2.75, 3.05) is 0 Å². The van der Waals surface area contributed by atoms with Gasteiger partial charge in [-0.3, -0.25) is 0 Å². The Bertz CT molecular complexity index is 458. The second kappa shape index (κ2) is 3.92. The maximum Gasteiger partial charge on any atom is 0.236 e. The molecule has 1 aromatic rings. The molecule has 1 rings (SSSR count). The summed E-state index contributed by atoms with van der Waals surface area (Å²) < 4.78 is 34.1. The number of phenolic OH excluding ortho intramolecular Hbond substituents is 1. The minimum atomic E-state index is -3.85. The summed E-state index contributed by atoms with van der Waals surface area (Å²) in [5.41, 5.74) is -0.162. The third-order valence-electron chi connectivity index (χ3n) is 1.44. The lowest BCUT2D eigenvalue weighted by molar-refractivity contribution is 0.467. The maximum absolute atomic E-state index is 12.7. The average Bonchev–Trinajstić information content (AvgIpc) is 1.96. The van der Waals surface area contributed by atoms with Gasteiger partial charge in [0.25, 0.3) is 0 Å². The molecule has 1 aromatic carbocycles. The van der Waals surface area contributed by atoms with Crippen molar-refractivity contribution in [2.24, 2.45) is 0 Å². The Morgan fingerprint density at radius 2 is 2.00 bits per heavy atom. The van der Waals surface area contributed by atoms with E-state index in [9.17, 15) is 17.9 Å². The van der Waals surface area contributed by atoms with E-state index < -0.39 is 26.4 Å². The summed E-state index contributed by atoms with van der Waals surface area (Å²) in [6.07, 6.45) is 0. The van der Waals surface area contributed by atoms with Gasteiger partial charge in [-0.25, -0.2) is 12.8 Å². The highest BCUT2D eigenvalue weighted by atomic mass is 35.7. The minimum absolute atomic E-state index is 0.162. The van der Waals surface area contributed by atoms with Crippen LogP contribution >= 0.6 is 22.3 Å². The molecule has 0 atom stereocenters. The molecule has 0 unspecified atom stereocenters. The number of aromatic hydroxyl groups is 1. The Labute approximate surface area is 89.5 Å². The molecule has 0 aromatic heterocycles. The van der Waals surface area contributed by atoms with Crippen LogP contribution in [0.1, 0.15) is 5.56 Å². The van der Waals surface area contributed by atoms with Crippen molar-refractivity contribution in [3.63, 3.8) is 0 Å². The molecule has 7 heteroatoms. The molecule has 14 heavy (non-hydrogen) atoms. The van der Waals surface area contributed by atoms with Crippen LogP contribution in [0.4, 0.5) is 4.39 Å². The van der Waals surface area contributed by atoms with Gasteiger partial charge in [0.05, 0.1) is 10.8 Å². The summed E-state index contributed by atoms with van der Waals surface area (Å²) in [4.78, 5) is 0. The van der Waals surface area contributed by atoms with Gasteiger partial charge >= 0.3 is 0 Å². The molecule has 0 heterocycles. The van der Waals surface area contributed by atoms with Crippen LogP contribution in [0.15, 0.2) is 12.1 Å². The fourth-order valence-electron chi connectivity index (χ4n) is 0.915. The van der Waals surface area contributed by atoms with Crippen molar-refractivity contribution in [2.45, 2.75) is 5.75 Å². The fourth-order valence-corrected chi connectivity index (χ4v) is 2.08. The maximum atomic E-state index is 12.7. The summed E-state index contributed by atoms with van der Waals surface area (Å²) in [5, 5.41) is 9.01. The Balaban J connectivity index is 3.22. The first-order valence-electron chi connectivity index (χ1n) is 3.39. The largest absolute Gasteiger partial charge is 0.506 e. The van der Waals surface area contributed by atoms with E-state index in [1.807, 2.05) is 0 Å². The number of benzene rings is 1. The van der Waals surface area contributed by atoms with Crippen LogP contribution in [0, 0.1) is 5.82 Å². The Hall–Kier alpha value is -0.520. The number of hydrogen-bond donors (Lipinski definition) is 1. The third kappa shape index (κ3) is 3.01. The highest BCUT2D eigenvalue weighted by Gasteiger charge is 2.14. The van der Waals surface area contributed by atoms with Crippen molar-refractivity contribution in [1.29, 1.82) is 0 Å². The van der Waals surface area contributed by atoms with Crippen LogP contribution in [0.2, 0.25) is 5.02 Å². The molecule has 0 bridgehead atoms. The zero-order valence-corrected chi connectivity index (χ0v) is 9.00. The van der Waals surface area contributed by atoms with E-state index in [1.54, 1.807) is 0 Å². The SMILES string of the molecule is O=S(=O)(Cl)Cc1cc(F)cc(Cl)c1O. The first-order chi connectivity index (χ1) is 6.29. The quantitative estimate of drug-likeness (QED) is 0.829. The molecule has 0 fully saturated rings. The van der Waals surface area contributed by atoms with Crippen molar-refractivity contribution >= 4 is 31.3 Å². The summed E-state index contributed by atoms with van der Waals surface area (Å²) in [6, 6.07) is 1.74. The molecule has 78 valence electrons. The van der Waals surface area contributed by atoms with E-state index in [0.29, 0.717) is 0 Å². The Kier molecular flexibility index (Phi) is 3.24. The van der Waals surface area contributed by atoms with E-state index in [0.717, 1.165) is 12.1 Å². The predicted octanol–water partition coefficient (Wildman–Crippen LogP) is 2.25. The molecule has 0 aliphatic carbocycles. The first-order valence-corrected chi connectivity index (χ1v) is 6.24. The average molecular weight is 259 g/mol. The van der Waals surface area contributed by atoms with Gasteiger partial charge in [0.2, 0.25) is 9.05 Å². The fraction of sp³-hybridized carbons (Fsp3) is 0.143. The molecular formula is C7H5Cl2FO3S. The molecule has 0 spiro atoms. The normalized spacial score (nSPS) is 11.6. The zero-order valence-electron chi connectivity index (χ0n) is 6.67. The van der Waals surface area contributed by atoms with Crippen LogP contribution in [-0.2, 0) is 14.8 Å². The lowest BCUT2D eigenvalue weighted by Crippen LogP contribution is -1.96. The molecule has 0 radical (unpaired) electrons. The molecule has 0 amide bonds. The van der Waals surface area contributed by atoms with E-state index in [2.05, 4.69) is 0 Å². The van der Waals surface area contributed by atoms with Crippen molar-refractivity contribution in [3.05, 3.63) is 28.5 Å². The van der Waals surface area contributed by atoms with Gasteiger partial charge in [-0.05, 0) is 12.1 Å². The molecule has 0 saturated carbocycles. The molecule has 0 aliphatic rings. The second-order valence-corrected chi connectivity index (χ2v) is 5.76. The van der Waals surface area contributed by atoms with Crippen molar-refractivity contribution in [3.8, 4) is 5.75 Å². The van der Waals surface area contributed by atoms with E-state index in [1.165, 1.54) is 0 Å². The zero-order chi connectivity index (χ0) is 10.9.